The van der Waals surface area contributed by atoms with E-state index in [1.165, 1.54) is 34.6 Å². The van der Waals surface area contributed by atoms with Gasteiger partial charge in [0.05, 0.1) is 0 Å². The number of hydrogen-bond donors (Lipinski definition) is 1. The van der Waals surface area contributed by atoms with Crippen LogP contribution in [0.1, 0.15) is 47.5 Å². The van der Waals surface area contributed by atoms with Gasteiger partial charge in [-0.05, 0) is 57.1 Å². The molecule has 0 radical (unpaired) electrons. The summed E-state index contributed by atoms with van der Waals surface area (Å²) in [6, 6.07) is 2.79. The fraction of sp³-hybridized carbons (Fsp3) is 0.733. The van der Waals surface area contributed by atoms with Gasteiger partial charge in [-0.1, -0.05) is 0 Å². The van der Waals surface area contributed by atoms with Gasteiger partial charge < -0.3 is 10.1 Å². The second kappa shape index (κ2) is 5.72. The van der Waals surface area contributed by atoms with Crippen LogP contribution >= 0.6 is 11.3 Å². The lowest BCUT2D eigenvalue weighted by atomic mass is 10.0. The quantitative estimate of drug-likeness (QED) is 0.810. The van der Waals surface area contributed by atoms with Crippen molar-refractivity contribution in [1.29, 1.82) is 0 Å². The molecule has 0 amide bonds. The fourth-order valence-electron chi connectivity index (χ4n) is 2.57. The van der Waals surface area contributed by atoms with Crippen molar-refractivity contribution in [2.45, 2.75) is 46.1 Å². The molecule has 1 aromatic heterocycles. The van der Waals surface area contributed by atoms with Crippen molar-refractivity contribution in [1.82, 2.24) is 5.32 Å². The molecule has 1 aliphatic rings. The minimum atomic E-state index is 0.468. The Morgan fingerprint density at radius 2 is 2.17 bits per heavy atom. The highest BCUT2D eigenvalue weighted by Gasteiger charge is 2.41. The lowest BCUT2D eigenvalue weighted by Crippen LogP contribution is -2.27. The van der Waals surface area contributed by atoms with Gasteiger partial charge in [0.1, 0.15) is 0 Å². The molecule has 1 atom stereocenters. The van der Waals surface area contributed by atoms with Gasteiger partial charge in [0.15, 0.2) is 0 Å². The van der Waals surface area contributed by atoms with E-state index in [2.05, 4.69) is 32.2 Å². The van der Waals surface area contributed by atoms with E-state index >= 15 is 0 Å². The molecule has 1 unspecified atom stereocenters. The third-order valence-corrected chi connectivity index (χ3v) is 5.10. The second-order valence-corrected chi connectivity index (χ2v) is 7.17. The van der Waals surface area contributed by atoms with E-state index in [1.54, 1.807) is 7.11 Å². The third-order valence-electron chi connectivity index (χ3n) is 4.12. The highest BCUT2D eigenvalue weighted by molar-refractivity contribution is 7.12. The Labute approximate surface area is 115 Å². The first-order chi connectivity index (χ1) is 8.56. The van der Waals surface area contributed by atoms with Crippen molar-refractivity contribution < 1.29 is 4.74 Å². The van der Waals surface area contributed by atoms with Gasteiger partial charge >= 0.3 is 0 Å². The van der Waals surface area contributed by atoms with Gasteiger partial charge in [-0.15, -0.1) is 11.3 Å². The van der Waals surface area contributed by atoms with Crippen LogP contribution in [0.2, 0.25) is 0 Å². The largest absolute Gasteiger partial charge is 0.385 e. The standard InChI is InChI=1S/C15H25NOS/c1-11-9-14(13(3)18-11)12(2)16-10-15(5-6-15)7-8-17-4/h9,12,16H,5-8,10H2,1-4H3. The molecule has 2 rings (SSSR count). The zero-order chi connectivity index (χ0) is 13.2. The molecule has 0 saturated heterocycles. The van der Waals surface area contributed by atoms with E-state index in [1.807, 2.05) is 11.3 Å². The van der Waals surface area contributed by atoms with E-state index < -0.39 is 0 Å². The van der Waals surface area contributed by atoms with Gasteiger partial charge in [0.2, 0.25) is 0 Å². The van der Waals surface area contributed by atoms with E-state index in [9.17, 15) is 0 Å². The van der Waals surface area contributed by atoms with Crippen LogP contribution in [0.5, 0.6) is 0 Å². The molecule has 3 heteroatoms. The monoisotopic (exact) mass is 267 g/mol. The third kappa shape index (κ3) is 3.34. The van der Waals surface area contributed by atoms with Gasteiger partial charge in [0.25, 0.3) is 0 Å². The topological polar surface area (TPSA) is 21.3 Å². The van der Waals surface area contributed by atoms with Crippen molar-refractivity contribution in [3.63, 3.8) is 0 Å². The molecule has 0 aliphatic heterocycles. The number of aryl methyl sites for hydroxylation is 2. The molecule has 1 fully saturated rings. The minimum absolute atomic E-state index is 0.468. The van der Waals surface area contributed by atoms with Crippen molar-refractivity contribution in [2.24, 2.45) is 5.41 Å². The van der Waals surface area contributed by atoms with Crippen LogP contribution < -0.4 is 5.32 Å². The number of ether oxygens (including phenoxy) is 1. The lowest BCUT2D eigenvalue weighted by molar-refractivity contribution is 0.170. The van der Waals surface area contributed by atoms with Crippen LogP contribution in [0.3, 0.4) is 0 Å². The average Bonchev–Trinajstić information content (AvgIpc) is 3.03. The summed E-state index contributed by atoms with van der Waals surface area (Å²) < 4.78 is 5.21. The number of hydrogen-bond acceptors (Lipinski definition) is 3. The Morgan fingerprint density at radius 3 is 2.67 bits per heavy atom. The Morgan fingerprint density at radius 1 is 1.44 bits per heavy atom. The summed E-state index contributed by atoms with van der Waals surface area (Å²) in [6.45, 7) is 8.72. The smallest absolute Gasteiger partial charge is 0.0468 e. The van der Waals surface area contributed by atoms with E-state index in [4.69, 9.17) is 4.74 Å². The SMILES string of the molecule is COCCC1(CNC(C)c2cc(C)sc2C)CC1. The molecule has 1 aliphatic carbocycles. The van der Waals surface area contributed by atoms with Crippen LogP contribution in [-0.4, -0.2) is 20.3 Å². The molecule has 0 bridgehead atoms. The maximum atomic E-state index is 5.21. The van der Waals surface area contributed by atoms with Crippen molar-refractivity contribution in [2.75, 3.05) is 20.3 Å². The number of rotatable bonds is 7. The molecule has 1 N–H and O–H groups in total. The Kier molecular flexibility index (Phi) is 4.46. The maximum absolute atomic E-state index is 5.21. The van der Waals surface area contributed by atoms with Crippen LogP contribution in [0.4, 0.5) is 0 Å². The Bertz CT molecular complexity index is 395. The number of methoxy groups -OCH3 is 1. The molecule has 18 heavy (non-hydrogen) atoms. The van der Waals surface area contributed by atoms with Gasteiger partial charge in [0, 0.05) is 36.1 Å². The first-order valence-electron chi connectivity index (χ1n) is 6.85. The average molecular weight is 267 g/mol. The summed E-state index contributed by atoms with van der Waals surface area (Å²) in [5, 5.41) is 3.72. The highest BCUT2D eigenvalue weighted by Crippen LogP contribution is 2.48. The molecule has 0 aromatic carbocycles. The summed E-state index contributed by atoms with van der Waals surface area (Å²) in [5.41, 5.74) is 2.00. The molecule has 102 valence electrons. The Hall–Kier alpha value is -0.380. The van der Waals surface area contributed by atoms with Crippen LogP contribution in [0.15, 0.2) is 6.07 Å². The molecule has 0 spiro atoms. The van der Waals surface area contributed by atoms with Crippen LogP contribution in [-0.2, 0) is 4.74 Å². The van der Waals surface area contributed by atoms with E-state index in [-0.39, 0.29) is 0 Å². The molecular formula is C15H25NOS. The van der Waals surface area contributed by atoms with Gasteiger partial charge in [-0.3, -0.25) is 0 Å². The molecule has 1 saturated carbocycles. The zero-order valence-electron chi connectivity index (χ0n) is 12.0. The molecule has 1 aromatic rings. The summed E-state index contributed by atoms with van der Waals surface area (Å²) >= 11 is 1.90. The first-order valence-corrected chi connectivity index (χ1v) is 7.67. The maximum Gasteiger partial charge on any atom is 0.0468 e. The first kappa shape index (κ1) is 14.0. The van der Waals surface area contributed by atoms with Crippen molar-refractivity contribution >= 4 is 11.3 Å². The summed E-state index contributed by atoms with van der Waals surface area (Å²) in [4.78, 5) is 2.87. The normalized spacial score (nSPS) is 18.9. The van der Waals surface area contributed by atoms with E-state index in [0.717, 1.165) is 13.2 Å². The highest BCUT2D eigenvalue weighted by atomic mass is 32.1. The predicted octanol–water partition coefficient (Wildman–Crippen LogP) is 3.83. The van der Waals surface area contributed by atoms with E-state index in [0.29, 0.717) is 11.5 Å². The minimum Gasteiger partial charge on any atom is -0.385 e. The fourth-order valence-corrected chi connectivity index (χ4v) is 3.59. The van der Waals surface area contributed by atoms with Gasteiger partial charge in [-0.2, -0.15) is 0 Å². The molecular weight excluding hydrogens is 242 g/mol. The van der Waals surface area contributed by atoms with Crippen molar-refractivity contribution in [3.8, 4) is 0 Å². The summed E-state index contributed by atoms with van der Waals surface area (Å²) in [7, 11) is 1.80. The lowest BCUT2D eigenvalue weighted by Gasteiger charge is -2.20. The van der Waals surface area contributed by atoms with Gasteiger partial charge in [-0.25, -0.2) is 0 Å². The molecule has 2 nitrogen and oxygen atoms in total. The summed E-state index contributed by atoms with van der Waals surface area (Å²) in [5.74, 6) is 0. The summed E-state index contributed by atoms with van der Waals surface area (Å²) in [6.07, 6.45) is 3.92. The number of nitrogens with one attached hydrogen (secondary N) is 1. The number of thiophene rings is 1. The van der Waals surface area contributed by atoms with Crippen LogP contribution in [0.25, 0.3) is 0 Å². The van der Waals surface area contributed by atoms with Crippen LogP contribution in [0, 0.1) is 19.3 Å². The molecule has 1 heterocycles. The zero-order valence-corrected chi connectivity index (χ0v) is 12.8. The predicted molar refractivity (Wildman–Crippen MR) is 78.4 cm³/mol. The second-order valence-electron chi connectivity index (χ2n) is 5.71. The Balaban J connectivity index is 1.85. The van der Waals surface area contributed by atoms with Crippen molar-refractivity contribution in [3.05, 3.63) is 21.4 Å².